The first-order valence-corrected chi connectivity index (χ1v) is 6.32. The lowest BCUT2D eigenvalue weighted by Gasteiger charge is -2.07. The number of H-pyrrole nitrogens is 1. The number of carbonyl (C=O) groups is 1. The number of hydrogen-bond donors (Lipinski definition) is 1. The summed E-state index contributed by atoms with van der Waals surface area (Å²) in [7, 11) is 2.61. The van der Waals surface area contributed by atoms with E-state index in [9.17, 15) is 14.4 Å². The van der Waals surface area contributed by atoms with Gasteiger partial charge in [0.25, 0.3) is 0 Å². The molecule has 3 rings (SSSR count). The van der Waals surface area contributed by atoms with E-state index in [0.29, 0.717) is 11.1 Å². The summed E-state index contributed by atoms with van der Waals surface area (Å²) in [5.41, 5.74) is -1.28. The number of rotatable bonds is 2. The lowest BCUT2D eigenvalue weighted by atomic mass is 10.1. The average molecular weight is 301 g/mol. The highest BCUT2D eigenvalue weighted by atomic mass is 16.5. The number of esters is 1. The normalized spacial score (nSPS) is 10.8. The van der Waals surface area contributed by atoms with Crippen LogP contribution >= 0.6 is 0 Å². The zero-order valence-corrected chi connectivity index (χ0v) is 11.8. The van der Waals surface area contributed by atoms with Crippen LogP contribution in [0.3, 0.4) is 0 Å². The lowest BCUT2D eigenvalue weighted by molar-refractivity contribution is 0.0594. The molecule has 0 unspecified atom stereocenters. The van der Waals surface area contributed by atoms with Crippen molar-refractivity contribution in [1.29, 1.82) is 0 Å². The molecule has 0 spiro atoms. The molecular formula is C15H11NO6. The Morgan fingerprint density at radius 1 is 1.23 bits per heavy atom. The lowest BCUT2D eigenvalue weighted by Crippen LogP contribution is -2.16. The Balaban J connectivity index is 2.52. The second kappa shape index (κ2) is 5.03. The number of aromatic nitrogens is 1. The highest BCUT2D eigenvalue weighted by molar-refractivity contribution is 6.05. The van der Waals surface area contributed by atoms with E-state index in [1.165, 1.54) is 14.2 Å². The largest absolute Gasteiger partial charge is 0.493 e. The summed E-state index contributed by atoms with van der Waals surface area (Å²) in [6.07, 6.45) is 0. The molecule has 2 heterocycles. The smallest absolute Gasteiger partial charge is 0.361 e. The number of ether oxygens (including phenoxy) is 2. The van der Waals surface area contributed by atoms with Crippen molar-refractivity contribution in [3.05, 3.63) is 50.6 Å². The third-order valence-electron chi connectivity index (χ3n) is 3.30. The van der Waals surface area contributed by atoms with Crippen molar-refractivity contribution in [3.63, 3.8) is 0 Å². The van der Waals surface area contributed by atoms with Crippen molar-refractivity contribution >= 4 is 27.8 Å². The van der Waals surface area contributed by atoms with Crippen LogP contribution in [0, 0.1) is 0 Å². The number of pyridine rings is 1. The van der Waals surface area contributed by atoms with Gasteiger partial charge >= 0.3 is 11.6 Å². The fourth-order valence-corrected chi connectivity index (χ4v) is 2.32. The first kappa shape index (κ1) is 13.9. The second-order valence-electron chi connectivity index (χ2n) is 4.52. The molecule has 0 atom stereocenters. The SMILES string of the molecule is COC(=O)c1cc(=O)c2c([nH]1)c(=O)oc1c(OC)cccc12. The first-order valence-electron chi connectivity index (χ1n) is 6.32. The Bertz CT molecular complexity index is 1010. The van der Waals surface area contributed by atoms with Gasteiger partial charge in [-0.15, -0.1) is 0 Å². The van der Waals surface area contributed by atoms with Gasteiger partial charge in [0, 0.05) is 11.5 Å². The van der Waals surface area contributed by atoms with Gasteiger partial charge in [-0.3, -0.25) is 4.79 Å². The maximum atomic E-state index is 12.3. The number of aromatic amines is 1. The van der Waals surface area contributed by atoms with E-state index in [0.717, 1.165) is 6.07 Å². The van der Waals surface area contributed by atoms with Crippen LogP contribution < -0.4 is 15.8 Å². The minimum absolute atomic E-state index is 0.0892. The molecule has 0 saturated heterocycles. The number of para-hydroxylation sites is 1. The Hall–Kier alpha value is -3.09. The molecule has 0 amide bonds. The predicted molar refractivity (Wildman–Crippen MR) is 78.5 cm³/mol. The van der Waals surface area contributed by atoms with E-state index < -0.39 is 17.0 Å². The average Bonchev–Trinajstić information content (AvgIpc) is 2.53. The summed E-state index contributed by atoms with van der Waals surface area (Å²) in [4.78, 5) is 38.6. The quantitative estimate of drug-likeness (QED) is 0.437. The molecule has 3 aromatic rings. The van der Waals surface area contributed by atoms with E-state index >= 15 is 0 Å². The minimum atomic E-state index is -0.769. The topological polar surface area (TPSA) is 98.6 Å². The molecule has 22 heavy (non-hydrogen) atoms. The van der Waals surface area contributed by atoms with Crippen molar-refractivity contribution < 1.29 is 18.7 Å². The van der Waals surface area contributed by atoms with Crippen LogP contribution in [0.1, 0.15) is 10.5 Å². The van der Waals surface area contributed by atoms with Gasteiger partial charge < -0.3 is 18.9 Å². The van der Waals surface area contributed by atoms with Gasteiger partial charge in [-0.2, -0.15) is 0 Å². The predicted octanol–water partition coefficient (Wildman–Crippen LogP) is 1.43. The van der Waals surface area contributed by atoms with Crippen molar-refractivity contribution in [2.75, 3.05) is 14.2 Å². The summed E-state index contributed by atoms with van der Waals surface area (Å²) in [6, 6.07) is 6.02. The molecule has 7 heteroatoms. The van der Waals surface area contributed by atoms with Crippen LogP contribution in [0.5, 0.6) is 5.75 Å². The van der Waals surface area contributed by atoms with Gasteiger partial charge in [0.05, 0.1) is 19.6 Å². The van der Waals surface area contributed by atoms with Gasteiger partial charge in [0.15, 0.2) is 16.8 Å². The maximum Gasteiger partial charge on any atom is 0.361 e. The van der Waals surface area contributed by atoms with E-state index in [1.54, 1.807) is 18.2 Å². The summed E-state index contributed by atoms with van der Waals surface area (Å²) < 4.78 is 14.9. The van der Waals surface area contributed by atoms with Gasteiger partial charge in [-0.25, -0.2) is 9.59 Å². The van der Waals surface area contributed by atoms with Gasteiger partial charge in [0.1, 0.15) is 11.2 Å². The van der Waals surface area contributed by atoms with Crippen LogP contribution in [0.2, 0.25) is 0 Å². The van der Waals surface area contributed by atoms with Gasteiger partial charge in [-0.05, 0) is 6.07 Å². The van der Waals surface area contributed by atoms with Crippen molar-refractivity contribution in [2.24, 2.45) is 0 Å². The van der Waals surface area contributed by atoms with Crippen LogP contribution in [0.25, 0.3) is 21.9 Å². The number of carbonyl (C=O) groups excluding carboxylic acids is 1. The zero-order chi connectivity index (χ0) is 15.9. The van der Waals surface area contributed by atoms with Crippen molar-refractivity contribution in [3.8, 4) is 5.75 Å². The number of nitrogens with one attached hydrogen (secondary N) is 1. The van der Waals surface area contributed by atoms with Gasteiger partial charge in [-0.1, -0.05) is 12.1 Å². The Labute approximate surface area is 123 Å². The standard InChI is InChI=1S/C15H11NO6/c1-20-10-5-3-4-7-11-9(17)6-8(14(18)21-2)16-12(11)15(19)22-13(7)10/h3-6H,1-2H3,(H,16,17). The van der Waals surface area contributed by atoms with Crippen LogP contribution in [0.4, 0.5) is 0 Å². The maximum absolute atomic E-state index is 12.3. The third kappa shape index (κ3) is 1.95. The van der Waals surface area contributed by atoms with Crippen LogP contribution in [-0.2, 0) is 4.74 Å². The number of hydrogen-bond acceptors (Lipinski definition) is 6. The highest BCUT2D eigenvalue weighted by Gasteiger charge is 2.17. The Kier molecular flexibility index (Phi) is 3.17. The molecule has 1 aromatic carbocycles. The number of benzene rings is 1. The molecule has 2 aromatic heterocycles. The molecule has 0 fully saturated rings. The summed E-state index contributed by atoms with van der Waals surface area (Å²) in [5.74, 6) is -0.405. The third-order valence-corrected chi connectivity index (χ3v) is 3.30. The second-order valence-corrected chi connectivity index (χ2v) is 4.52. The first-order chi connectivity index (χ1) is 10.6. The Morgan fingerprint density at radius 2 is 2.00 bits per heavy atom. The van der Waals surface area contributed by atoms with Crippen molar-refractivity contribution in [1.82, 2.24) is 4.98 Å². The van der Waals surface area contributed by atoms with Crippen LogP contribution in [0.15, 0.2) is 38.3 Å². The fourth-order valence-electron chi connectivity index (χ4n) is 2.32. The minimum Gasteiger partial charge on any atom is -0.493 e. The molecular weight excluding hydrogens is 290 g/mol. The molecule has 112 valence electrons. The molecule has 0 radical (unpaired) electrons. The highest BCUT2D eigenvalue weighted by Crippen LogP contribution is 2.27. The van der Waals surface area contributed by atoms with Crippen LogP contribution in [-0.4, -0.2) is 25.2 Å². The molecule has 0 bridgehead atoms. The molecule has 0 aliphatic heterocycles. The van der Waals surface area contributed by atoms with Crippen molar-refractivity contribution in [2.45, 2.75) is 0 Å². The summed E-state index contributed by atoms with van der Waals surface area (Å²) in [5, 5.41) is 0.560. The van der Waals surface area contributed by atoms with E-state index in [4.69, 9.17) is 9.15 Å². The molecule has 7 nitrogen and oxygen atoms in total. The van der Waals surface area contributed by atoms with Gasteiger partial charge in [0.2, 0.25) is 0 Å². The van der Waals surface area contributed by atoms with E-state index in [-0.39, 0.29) is 22.2 Å². The van der Waals surface area contributed by atoms with E-state index in [2.05, 4.69) is 9.72 Å². The molecule has 0 aliphatic carbocycles. The molecule has 1 N–H and O–H groups in total. The zero-order valence-electron chi connectivity index (χ0n) is 11.8. The summed E-state index contributed by atoms with van der Waals surface area (Å²) in [6.45, 7) is 0. The monoisotopic (exact) mass is 301 g/mol. The molecule has 0 aliphatic rings. The number of fused-ring (bicyclic) bond motifs is 3. The summed E-state index contributed by atoms with van der Waals surface area (Å²) >= 11 is 0. The molecule has 0 saturated carbocycles. The number of methoxy groups -OCH3 is 2. The fraction of sp³-hybridized carbons (Fsp3) is 0.133. The van der Waals surface area contributed by atoms with E-state index in [1.807, 2.05) is 0 Å². The Morgan fingerprint density at radius 3 is 2.68 bits per heavy atom.